The second kappa shape index (κ2) is 10.8. The standard InChI is InChI=1S/C21H33FN6/c1-6-23-21(24-12-7-13-28-17(3)14-16(2)26-28)25-15-20(27(4)5)18-8-10-19(22)11-9-18/h8-11,14,20H,6-7,12-13,15H2,1-5H3,(H2,23,24,25). The molecule has 2 N–H and O–H groups in total. The van der Waals surface area contributed by atoms with Crippen molar-refractivity contribution in [3.63, 3.8) is 0 Å². The molecule has 2 rings (SSSR count). The maximum Gasteiger partial charge on any atom is 0.191 e. The van der Waals surface area contributed by atoms with E-state index in [1.165, 1.54) is 17.8 Å². The van der Waals surface area contributed by atoms with Gasteiger partial charge in [-0.15, -0.1) is 0 Å². The van der Waals surface area contributed by atoms with Crippen LogP contribution in [0.15, 0.2) is 35.3 Å². The van der Waals surface area contributed by atoms with E-state index in [0.29, 0.717) is 6.54 Å². The summed E-state index contributed by atoms with van der Waals surface area (Å²) in [5.41, 5.74) is 3.29. The summed E-state index contributed by atoms with van der Waals surface area (Å²) < 4.78 is 15.3. The topological polar surface area (TPSA) is 57.5 Å². The van der Waals surface area contributed by atoms with Gasteiger partial charge in [-0.2, -0.15) is 5.10 Å². The van der Waals surface area contributed by atoms with E-state index in [1.807, 2.05) is 37.8 Å². The van der Waals surface area contributed by atoms with Crippen molar-refractivity contribution >= 4 is 5.96 Å². The maximum absolute atomic E-state index is 13.2. The van der Waals surface area contributed by atoms with Crippen LogP contribution in [0.4, 0.5) is 4.39 Å². The number of aryl methyl sites for hydroxylation is 3. The van der Waals surface area contributed by atoms with Gasteiger partial charge in [0.2, 0.25) is 0 Å². The Balaban J connectivity index is 1.92. The van der Waals surface area contributed by atoms with Crippen molar-refractivity contribution in [1.82, 2.24) is 25.3 Å². The van der Waals surface area contributed by atoms with Gasteiger partial charge in [-0.1, -0.05) is 12.1 Å². The molecule has 0 saturated heterocycles. The predicted octanol–water partition coefficient (Wildman–Crippen LogP) is 2.89. The minimum absolute atomic E-state index is 0.0887. The summed E-state index contributed by atoms with van der Waals surface area (Å²) >= 11 is 0. The van der Waals surface area contributed by atoms with Gasteiger partial charge in [-0.25, -0.2) is 4.39 Å². The lowest BCUT2D eigenvalue weighted by Gasteiger charge is -2.23. The molecule has 28 heavy (non-hydrogen) atoms. The van der Waals surface area contributed by atoms with Crippen LogP contribution in [-0.2, 0) is 6.54 Å². The molecule has 0 amide bonds. The summed E-state index contributed by atoms with van der Waals surface area (Å²) in [5, 5.41) is 11.2. The first kappa shape index (κ1) is 21.9. The third kappa shape index (κ3) is 6.64. The molecule has 7 heteroatoms. The minimum Gasteiger partial charge on any atom is -0.357 e. The molecule has 0 saturated carbocycles. The molecule has 6 nitrogen and oxygen atoms in total. The smallest absolute Gasteiger partial charge is 0.191 e. The van der Waals surface area contributed by atoms with Crippen LogP contribution in [0.25, 0.3) is 0 Å². The van der Waals surface area contributed by atoms with Crippen molar-refractivity contribution < 1.29 is 4.39 Å². The highest BCUT2D eigenvalue weighted by atomic mass is 19.1. The van der Waals surface area contributed by atoms with Gasteiger partial charge in [-0.3, -0.25) is 9.67 Å². The van der Waals surface area contributed by atoms with Crippen molar-refractivity contribution in [2.75, 3.05) is 33.7 Å². The van der Waals surface area contributed by atoms with Crippen molar-refractivity contribution in [2.45, 2.75) is 39.8 Å². The van der Waals surface area contributed by atoms with Crippen molar-refractivity contribution in [3.8, 4) is 0 Å². The number of aliphatic imine (C=N–C) groups is 1. The van der Waals surface area contributed by atoms with E-state index in [1.54, 1.807) is 0 Å². The molecule has 0 fully saturated rings. The number of hydrogen-bond acceptors (Lipinski definition) is 3. The van der Waals surface area contributed by atoms with Crippen LogP contribution in [0.1, 0.15) is 36.3 Å². The predicted molar refractivity (Wildman–Crippen MR) is 113 cm³/mol. The Morgan fingerprint density at radius 1 is 1.21 bits per heavy atom. The third-order valence-electron chi connectivity index (χ3n) is 4.59. The summed E-state index contributed by atoms with van der Waals surface area (Å²) in [6.07, 6.45) is 0.960. The lowest BCUT2D eigenvalue weighted by molar-refractivity contribution is 0.306. The molecule has 1 atom stereocenters. The molecule has 1 aromatic carbocycles. The fourth-order valence-electron chi connectivity index (χ4n) is 3.11. The minimum atomic E-state index is -0.220. The molecule has 1 heterocycles. The number of nitrogens with one attached hydrogen (secondary N) is 2. The third-order valence-corrected chi connectivity index (χ3v) is 4.59. The van der Waals surface area contributed by atoms with E-state index in [0.717, 1.165) is 43.3 Å². The summed E-state index contributed by atoms with van der Waals surface area (Å²) in [7, 11) is 4.02. The summed E-state index contributed by atoms with van der Waals surface area (Å²) in [6.45, 7) is 9.22. The zero-order chi connectivity index (χ0) is 20.5. The average molecular weight is 389 g/mol. The Hall–Kier alpha value is -2.41. The average Bonchev–Trinajstić information content (AvgIpc) is 2.97. The normalized spacial score (nSPS) is 13.0. The number of rotatable bonds is 9. The van der Waals surface area contributed by atoms with Crippen molar-refractivity contribution in [2.24, 2.45) is 4.99 Å². The van der Waals surface area contributed by atoms with E-state index in [9.17, 15) is 4.39 Å². The Kier molecular flexibility index (Phi) is 8.44. The molecular formula is C21H33FN6. The van der Waals surface area contributed by atoms with Crippen LogP contribution in [0, 0.1) is 19.7 Å². The SMILES string of the molecule is CCNC(=NCC(c1ccc(F)cc1)N(C)C)NCCCn1nc(C)cc1C. The Morgan fingerprint density at radius 3 is 2.50 bits per heavy atom. The number of nitrogens with zero attached hydrogens (tertiary/aromatic N) is 4. The van der Waals surface area contributed by atoms with Crippen LogP contribution >= 0.6 is 0 Å². The number of likely N-dealkylation sites (N-methyl/N-ethyl adjacent to an activating group) is 1. The summed E-state index contributed by atoms with van der Waals surface area (Å²) in [6, 6.07) is 8.83. The second-order valence-electron chi connectivity index (χ2n) is 7.18. The lowest BCUT2D eigenvalue weighted by atomic mass is 10.1. The molecule has 0 spiro atoms. The number of benzene rings is 1. The molecule has 1 aromatic heterocycles. The second-order valence-corrected chi connectivity index (χ2v) is 7.18. The Bertz CT molecular complexity index is 751. The molecule has 0 aliphatic carbocycles. The van der Waals surface area contributed by atoms with Crippen LogP contribution < -0.4 is 10.6 Å². The maximum atomic E-state index is 13.2. The number of halogens is 1. The molecule has 0 aliphatic heterocycles. The van der Waals surface area contributed by atoms with Crippen molar-refractivity contribution in [1.29, 1.82) is 0 Å². The molecule has 0 bridgehead atoms. The van der Waals surface area contributed by atoms with Gasteiger partial charge in [0, 0.05) is 25.3 Å². The quantitative estimate of drug-likeness (QED) is 0.394. The molecule has 1 unspecified atom stereocenters. The van der Waals surface area contributed by atoms with E-state index in [2.05, 4.69) is 40.5 Å². The largest absolute Gasteiger partial charge is 0.357 e. The van der Waals surface area contributed by atoms with E-state index in [-0.39, 0.29) is 11.9 Å². The molecule has 154 valence electrons. The van der Waals surface area contributed by atoms with Gasteiger partial charge < -0.3 is 15.5 Å². The van der Waals surface area contributed by atoms with Gasteiger partial charge in [-0.05, 0) is 65.0 Å². The van der Waals surface area contributed by atoms with Gasteiger partial charge in [0.05, 0.1) is 18.3 Å². The molecule has 0 aliphatic rings. The highest BCUT2D eigenvalue weighted by molar-refractivity contribution is 5.79. The molecule has 2 aromatic rings. The highest BCUT2D eigenvalue weighted by Crippen LogP contribution is 2.18. The lowest BCUT2D eigenvalue weighted by Crippen LogP contribution is -2.38. The Labute approximate surface area is 167 Å². The van der Waals surface area contributed by atoms with Crippen LogP contribution in [0.2, 0.25) is 0 Å². The van der Waals surface area contributed by atoms with Gasteiger partial charge in [0.1, 0.15) is 5.82 Å². The zero-order valence-corrected chi connectivity index (χ0v) is 17.7. The van der Waals surface area contributed by atoms with Gasteiger partial charge >= 0.3 is 0 Å². The number of guanidine groups is 1. The van der Waals surface area contributed by atoms with Crippen LogP contribution in [-0.4, -0.2) is 54.4 Å². The monoisotopic (exact) mass is 388 g/mol. The highest BCUT2D eigenvalue weighted by Gasteiger charge is 2.14. The Morgan fingerprint density at radius 2 is 1.93 bits per heavy atom. The van der Waals surface area contributed by atoms with E-state index < -0.39 is 0 Å². The molecular weight excluding hydrogens is 355 g/mol. The molecule has 0 radical (unpaired) electrons. The number of hydrogen-bond donors (Lipinski definition) is 2. The zero-order valence-electron chi connectivity index (χ0n) is 17.7. The van der Waals surface area contributed by atoms with Crippen LogP contribution in [0.3, 0.4) is 0 Å². The van der Waals surface area contributed by atoms with Gasteiger partial charge in [0.15, 0.2) is 5.96 Å². The van der Waals surface area contributed by atoms with Crippen molar-refractivity contribution in [3.05, 3.63) is 53.1 Å². The van der Waals surface area contributed by atoms with Gasteiger partial charge in [0.25, 0.3) is 0 Å². The van der Waals surface area contributed by atoms with E-state index >= 15 is 0 Å². The first-order chi connectivity index (χ1) is 13.4. The fraction of sp³-hybridized carbons (Fsp3) is 0.524. The summed E-state index contributed by atoms with van der Waals surface area (Å²) in [5.74, 6) is 0.576. The first-order valence-electron chi connectivity index (χ1n) is 9.85. The number of aromatic nitrogens is 2. The first-order valence-corrected chi connectivity index (χ1v) is 9.85. The fourth-order valence-corrected chi connectivity index (χ4v) is 3.11. The van der Waals surface area contributed by atoms with Crippen LogP contribution in [0.5, 0.6) is 0 Å². The van der Waals surface area contributed by atoms with E-state index in [4.69, 9.17) is 4.99 Å². The summed E-state index contributed by atoms with van der Waals surface area (Å²) in [4.78, 5) is 6.84.